The van der Waals surface area contributed by atoms with Crippen LogP contribution < -0.4 is 5.32 Å². The van der Waals surface area contributed by atoms with Gasteiger partial charge in [0.05, 0.1) is 11.1 Å². The van der Waals surface area contributed by atoms with Gasteiger partial charge in [-0.3, -0.25) is 4.79 Å². The van der Waals surface area contributed by atoms with Crippen molar-refractivity contribution in [2.45, 2.75) is 18.6 Å². The molecule has 0 fully saturated rings. The lowest BCUT2D eigenvalue weighted by atomic mass is 10.0. The summed E-state index contributed by atoms with van der Waals surface area (Å²) in [5.74, 6) is -2.07. The highest BCUT2D eigenvalue weighted by Gasteiger charge is 2.28. The molecule has 3 rings (SSSR count). The average Bonchev–Trinajstić information content (AvgIpc) is 3.11. The number of nitrogens with zero attached hydrogens (tertiary/aromatic N) is 2. The predicted molar refractivity (Wildman–Crippen MR) is 99.0 cm³/mol. The number of hydrogen-bond donors (Lipinski definition) is 4. The first kappa shape index (κ1) is 19.1. The number of aliphatic hydroxyl groups is 1. The van der Waals surface area contributed by atoms with Crippen LogP contribution in [0.5, 0.6) is 0 Å². The Labute approximate surface area is 163 Å². The molecule has 10 heteroatoms. The van der Waals surface area contributed by atoms with Crippen molar-refractivity contribution in [2.75, 3.05) is 0 Å². The lowest BCUT2D eigenvalue weighted by Gasteiger charge is -2.22. The second-order valence-corrected chi connectivity index (χ2v) is 6.62. The van der Waals surface area contributed by atoms with Crippen LogP contribution in [0.2, 0.25) is 10.0 Å². The number of aliphatic carboxylic acids is 1. The van der Waals surface area contributed by atoms with Gasteiger partial charge in [0.15, 0.2) is 6.10 Å². The number of fused-ring (bicyclic) bond motifs is 1. The summed E-state index contributed by atoms with van der Waals surface area (Å²) < 4.78 is 0. The molecule has 1 aromatic heterocycles. The van der Waals surface area contributed by atoms with Gasteiger partial charge in [-0.05, 0) is 30.2 Å². The lowest BCUT2D eigenvalue weighted by molar-refractivity contribution is -0.148. The molecular formula is C17H14Cl2N4O4. The molecule has 4 N–H and O–H groups in total. The predicted octanol–water partition coefficient (Wildman–Crippen LogP) is 2.05. The number of amides is 1. The third-order valence-electron chi connectivity index (χ3n) is 3.99. The highest BCUT2D eigenvalue weighted by atomic mass is 35.5. The minimum Gasteiger partial charge on any atom is -0.479 e. The zero-order valence-corrected chi connectivity index (χ0v) is 15.2. The first-order valence-corrected chi connectivity index (χ1v) is 8.57. The minimum absolute atomic E-state index is 0.0266. The van der Waals surface area contributed by atoms with Gasteiger partial charge >= 0.3 is 5.97 Å². The van der Waals surface area contributed by atoms with Crippen molar-refractivity contribution >= 4 is 46.1 Å². The minimum atomic E-state index is -1.82. The maximum absolute atomic E-state index is 12.6. The number of carbonyl (C=O) groups excluding carboxylic acids is 1. The summed E-state index contributed by atoms with van der Waals surface area (Å²) in [6.07, 6.45) is -1.80. The maximum Gasteiger partial charge on any atom is 0.334 e. The molecule has 0 radical (unpaired) electrons. The van der Waals surface area contributed by atoms with E-state index in [0.717, 1.165) is 0 Å². The normalized spacial score (nSPS) is 13.3. The average molecular weight is 409 g/mol. The largest absolute Gasteiger partial charge is 0.479 e. The van der Waals surface area contributed by atoms with Crippen molar-refractivity contribution in [3.8, 4) is 0 Å². The van der Waals surface area contributed by atoms with E-state index in [1.807, 2.05) is 0 Å². The molecule has 0 saturated heterocycles. The summed E-state index contributed by atoms with van der Waals surface area (Å²) in [7, 11) is 0. The number of hydrogen-bond acceptors (Lipinski definition) is 5. The number of carboxylic acid groups (broad SMARTS) is 1. The van der Waals surface area contributed by atoms with E-state index >= 15 is 0 Å². The Balaban J connectivity index is 1.87. The summed E-state index contributed by atoms with van der Waals surface area (Å²) in [6, 6.07) is 8.52. The van der Waals surface area contributed by atoms with Gasteiger partial charge in [0, 0.05) is 10.6 Å². The second-order valence-electron chi connectivity index (χ2n) is 5.81. The van der Waals surface area contributed by atoms with E-state index in [4.69, 9.17) is 28.3 Å². The van der Waals surface area contributed by atoms with Crippen LogP contribution in [-0.4, -0.2) is 49.6 Å². The molecule has 0 aliphatic rings. The Morgan fingerprint density at radius 1 is 1.15 bits per heavy atom. The fourth-order valence-electron chi connectivity index (χ4n) is 2.61. The molecule has 2 atom stereocenters. The molecule has 0 aliphatic carbocycles. The standard InChI is InChI=1S/C17H14Cl2N4O4/c18-10-4-2-1-3-8(10)6-13(15(24)17(26)27)20-16(25)9-5-11(19)14-12(7-9)21-23-22-14/h1-5,7,13,15,24H,6H2,(H,20,25)(H,26,27)(H,21,22,23). The number of aromatic amines is 1. The zero-order valence-electron chi connectivity index (χ0n) is 13.7. The molecule has 27 heavy (non-hydrogen) atoms. The third-order valence-corrected chi connectivity index (χ3v) is 4.64. The van der Waals surface area contributed by atoms with Crippen molar-refractivity contribution in [3.05, 3.63) is 57.6 Å². The molecule has 0 bridgehead atoms. The Hall–Kier alpha value is -2.68. The molecule has 1 amide bonds. The summed E-state index contributed by atoms with van der Waals surface area (Å²) >= 11 is 12.2. The molecule has 8 nitrogen and oxygen atoms in total. The molecule has 0 aliphatic heterocycles. The van der Waals surface area contributed by atoms with Gasteiger partial charge in [0.2, 0.25) is 0 Å². The van der Waals surface area contributed by atoms with Gasteiger partial charge in [-0.15, -0.1) is 0 Å². The number of halogens is 2. The number of aliphatic hydroxyl groups excluding tert-OH is 1. The Bertz CT molecular complexity index is 1010. The van der Waals surface area contributed by atoms with E-state index < -0.39 is 24.0 Å². The van der Waals surface area contributed by atoms with Crippen LogP contribution in [0.15, 0.2) is 36.4 Å². The topological polar surface area (TPSA) is 128 Å². The first-order chi connectivity index (χ1) is 12.9. The number of H-pyrrole nitrogens is 1. The van der Waals surface area contributed by atoms with Crippen LogP contribution in [0.3, 0.4) is 0 Å². The maximum atomic E-state index is 12.6. The lowest BCUT2D eigenvalue weighted by Crippen LogP contribution is -2.48. The molecule has 2 unspecified atom stereocenters. The van der Waals surface area contributed by atoms with Crippen LogP contribution in [0.4, 0.5) is 0 Å². The number of rotatable bonds is 6. The number of benzene rings is 2. The number of carbonyl (C=O) groups is 2. The van der Waals surface area contributed by atoms with E-state index in [1.165, 1.54) is 12.1 Å². The van der Waals surface area contributed by atoms with E-state index in [1.54, 1.807) is 24.3 Å². The second kappa shape index (κ2) is 7.91. The van der Waals surface area contributed by atoms with Crippen molar-refractivity contribution in [1.29, 1.82) is 0 Å². The zero-order chi connectivity index (χ0) is 19.6. The molecule has 1 heterocycles. The summed E-state index contributed by atoms with van der Waals surface area (Å²) in [4.78, 5) is 23.9. The number of nitrogens with one attached hydrogen (secondary N) is 2. The molecule has 2 aromatic carbocycles. The van der Waals surface area contributed by atoms with Gasteiger partial charge in [-0.2, -0.15) is 15.4 Å². The fourth-order valence-corrected chi connectivity index (χ4v) is 3.08. The number of carboxylic acids is 1. The number of aromatic nitrogens is 3. The van der Waals surface area contributed by atoms with E-state index in [-0.39, 0.29) is 17.0 Å². The monoisotopic (exact) mass is 408 g/mol. The molecule has 3 aromatic rings. The van der Waals surface area contributed by atoms with Crippen LogP contribution in [-0.2, 0) is 11.2 Å². The van der Waals surface area contributed by atoms with Crippen LogP contribution in [0.25, 0.3) is 11.0 Å². The van der Waals surface area contributed by atoms with Gasteiger partial charge in [-0.1, -0.05) is 41.4 Å². The smallest absolute Gasteiger partial charge is 0.334 e. The molecular weight excluding hydrogens is 395 g/mol. The van der Waals surface area contributed by atoms with Crippen LogP contribution in [0, 0.1) is 0 Å². The van der Waals surface area contributed by atoms with E-state index in [0.29, 0.717) is 21.6 Å². The molecule has 0 saturated carbocycles. The van der Waals surface area contributed by atoms with Gasteiger partial charge in [-0.25, -0.2) is 4.79 Å². The Morgan fingerprint density at radius 3 is 2.59 bits per heavy atom. The highest BCUT2D eigenvalue weighted by Crippen LogP contribution is 2.22. The SMILES string of the molecule is O=C(NC(Cc1ccccc1Cl)C(O)C(=O)O)c1cc(Cl)c2n[nH]nc2c1. The third kappa shape index (κ3) is 4.19. The summed E-state index contributed by atoms with van der Waals surface area (Å²) in [5, 5.41) is 32.5. The summed E-state index contributed by atoms with van der Waals surface area (Å²) in [5.41, 5.74) is 1.54. The van der Waals surface area contributed by atoms with Crippen molar-refractivity contribution in [2.24, 2.45) is 0 Å². The van der Waals surface area contributed by atoms with Crippen molar-refractivity contribution in [1.82, 2.24) is 20.7 Å². The van der Waals surface area contributed by atoms with Gasteiger partial charge in [0.25, 0.3) is 5.91 Å². The van der Waals surface area contributed by atoms with E-state index in [2.05, 4.69) is 20.7 Å². The summed E-state index contributed by atoms with van der Waals surface area (Å²) in [6.45, 7) is 0. The van der Waals surface area contributed by atoms with Crippen molar-refractivity contribution in [3.63, 3.8) is 0 Å². The molecule has 0 spiro atoms. The van der Waals surface area contributed by atoms with Crippen LogP contribution >= 0.6 is 23.2 Å². The highest BCUT2D eigenvalue weighted by molar-refractivity contribution is 6.35. The molecule has 140 valence electrons. The van der Waals surface area contributed by atoms with Crippen LogP contribution in [0.1, 0.15) is 15.9 Å². The van der Waals surface area contributed by atoms with Gasteiger partial charge in [0.1, 0.15) is 11.0 Å². The van der Waals surface area contributed by atoms with E-state index in [9.17, 15) is 14.7 Å². The fraction of sp³-hybridized carbons (Fsp3) is 0.176. The quantitative estimate of drug-likeness (QED) is 0.493. The van der Waals surface area contributed by atoms with Gasteiger partial charge < -0.3 is 15.5 Å². The Morgan fingerprint density at radius 2 is 1.89 bits per heavy atom. The van der Waals surface area contributed by atoms with Crippen molar-refractivity contribution < 1.29 is 19.8 Å². The first-order valence-electron chi connectivity index (χ1n) is 7.82. The Kier molecular flexibility index (Phi) is 5.59.